The van der Waals surface area contributed by atoms with E-state index in [1.807, 2.05) is 19.4 Å². The summed E-state index contributed by atoms with van der Waals surface area (Å²) in [4.78, 5) is 10.4. The molecule has 18 heavy (non-hydrogen) atoms. The van der Waals surface area contributed by atoms with Gasteiger partial charge in [0.2, 0.25) is 0 Å². The van der Waals surface area contributed by atoms with Crippen LogP contribution in [0.3, 0.4) is 0 Å². The summed E-state index contributed by atoms with van der Waals surface area (Å²) >= 11 is 7.98. The molecule has 2 heterocycles. The first-order valence-electron chi connectivity index (χ1n) is 6.01. The van der Waals surface area contributed by atoms with E-state index in [-0.39, 0.29) is 0 Å². The number of hydrogen-bond donors (Lipinski definition) is 1. The minimum Gasteiger partial charge on any atom is -0.373 e. The molecular formula is C12H19ClN4S. The summed E-state index contributed by atoms with van der Waals surface area (Å²) in [6.45, 7) is 4.13. The average molecular weight is 287 g/mol. The highest BCUT2D eigenvalue weighted by atomic mass is 35.5. The SMILES string of the molecule is CNc1cc(Cl)c(SC)c(N2CCN(C)CC2)n1. The molecule has 2 rings (SSSR count). The second kappa shape index (κ2) is 5.99. The molecule has 0 aliphatic carbocycles. The first-order valence-corrected chi connectivity index (χ1v) is 7.61. The highest BCUT2D eigenvalue weighted by molar-refractivity contribution is 7.98. The number of anilines is 2. The summed E-state index contributed by atoms with van der Waals surface area (Å²) in [5, 5.41) is 3.84. The van der Waals surface area contributed by atoms with Crippen LogP contribution >= 0.6 is 23.4 Å². The molecule has 1 saturated heterocycles. The Morgan fingerprint density at radius 3 is 2.56 bits per heavy atom. The molecule has 0 aromatic carbocycles. The zero-order valence-electron chi connectivity index (χ0n) is 11.0. The Hall–Kier alpha value is -0.650. The third-order valence-electron chi connectivity index (χ3n) is 3.17. The van der Waals surface area contributed by atoms with Gasteiger partial charge in [-0.25, -0.2) is 4.98 Å². The number of aromatic nitrogens is 1. The molecule has 100 valence electrons. The van der Waals surface area contributed by atoms with Crippen LogP contribution in [0.2, 0.25) is 5.02 Å². The number of nitrogens with one attached hydrogen (secondary N) is 1. The van der Waals surface area contributed by atoms with E-state index in [4.69, 9.17) is 11.6 Å². The Kier molecular flexibility index (Phi) is 4.59. The molecule has 0 saturated carbocycles. The molecule has 0 radical (unpaired) electrons. The van der Waals surface area contributed by atoms with Crippen LogP contribution in [0.15, 0.2) is 11.0 Å². The molecule has 1 aliphatic heterocycles. The Balaban J connectivity index is 2.32. The molecule has 4 nitrogen and oxygen atoms in total. The van der Waals surface area contributed by atoms with Crippen molar-refractivity contribution in [1.29, 1.82) is 0 Å². The normalized spacial score (nSPS) is 17.0. The predicted molar refractivity (Wildman–Crippen MR) is 80.3 cm³/mol. The molecule has 0 atom stereocenters. The smallest absolute Gasteiger partial charge is 0.146 e. The summed E-state index contributed by atoms with van der Waals surface area (Å²) in [7, 11) is 4.02. The molecule has 1 N–H and O–H groups in total. The van der Waals surface area contributed by atoms with Crippen molar-refractivity contribution in [2.24, 2.45) is 0 Å². The van der Waals surface area contributed by atoms with Crippen molar-refractivity contribution < 1.29 is 0 Å². The van der Waals surface area contributed by atoms with Gasteiger partial charge in [-0.05, 0) is 13.3 Å². The second-order valence-electron chi connectivity index (χ2n) is 4.39. The van der Waals surface area contributed by atoms with Gasteiger partial charge < -0.3 is 15.1 Å². The zero-order valence-corrected chi connectivity index (χ0v) is 12.6. The van der Waals surface area contributed by atoms with E-state index >= 15 is 0 Å². The zero-order chi connectivity index (χ0) is 13.1. The molecule has 0 bridgehead atoms. The van der Waals surface area contributed by atoms with Crippen molar-refractivity contribution in [2.45, 2.75) is 4.90 Å². The van der Waals surface area contributed by atoms with Gasteiger partial charge in [-0.1, -0.05) is 11.6 Å². The molecule has 1 fully saturated rings. The Morgan fingerprint density at radius 2 is 2.00 bits per heavy atom. The molecule has 1 aromatic rings. The van der Waals surface area contributed by atoms with Gasteiger partial charge in [0.15, 0.2) is 0 Å². The number of thioether (sulfide) groups is 1. The molecule has 1 aliphatic rings. The maximum atomic E-state index is 6.32. The van der Waals surface area contributed by atoms with Gasteiger partial charge in [0.25, 0.3) is 0 Å². The number of pyridine rings is 1. The monoisotopic (exact) mass is 286 g/mol. The highest BCUT2D eigenvalue weighted by Crippen LogP contribution is 2.35. The Labute approximate surface area is 118 Å². The molecule has 0 amide bonds. The quantitative estimate of drug-likeness (QED) is 0.862. The van der Waals surface area contributed by atoms with Gasteiger partial charge in [-0.2, -0.15) is 0 Å². The number of nitrogens with zero attached hydrogens (tertiary/aromatic N) is 3. The first-order chi connectivity index (χ1) is 8.65. The Bertz CT molecular complexity index is 419. The van der Waals surface area contributed by atoms with Crippen LogP contribution in [-0.2, 0) is 0 Å². The standard InChI is InChI=1S/C12H19ClN4S/c1-14-10-8-9(13)11(18-3)12(15-10)17-6-4-16(2)5-7-17/h8H,4-7H2,1-3H3,(H,14,15). The van der Waals surface area contributed by atoms with Crippen molar-refractivity contribution in [3.63, 3.8) is 0 Å². The van der Waals surface area contributed by atoms with E-state index in [9.17, 15) is 0 Å². The van der Waals surface area contributed by atoms with Crippen LogP contribution in [-0.4, -0.2) is 56.4 Å². The largest absolute Gasteiger partial charge is 0.373 e. The lowest BCUT2D eigenvalue weighted by atomic mass is 10.3. The lowest BCUT2D eigenvalue weighted by molar-refractivity contribution is 0.311. The van der Waals surface area contributed by atoms with Crippen molar-refractivity contribution in [2.75, 3.05) is 56.7 Å². The third kappa shape index (κ3) is 2.84. The number of halogens is 1. The maximum Gasteiger partial charge on any atom is 0.146 e. The molecule has 1 aromatic heterocycles. The lowest BCUT2D eigenvalue weighted by Gasteiger charge is -2.34. The van der Waals surface area contributed by atoms with E-state index in [0.717, 1.165) is 47.7 Å². The number of likely N-dealkylation sites (N-methyl/N-ethyl adjacent to an activating group) is 1. The van der Waals surface area contributed by atoms with Crippen LogP contribution < -0.4 is 10.2 Å². The predicted octanol–water partition coefficient (Wildman–Crippen LogP) is 2.25. The van der Waals surface area contributed by atoms with Gasteiger partial charge in [0, 0.05) is 39.3 Å². The van der Waals surface area contributed by atoms with Crippen LogP contribution in [0.4, 0.5) is 11.6 Å². The van der Waals surface area contributed by atoms with E-state index in [0.29, 0.717) is 0 Å². The fourth-order valence-electron chi connectivity index (χ4n) is 2.04. The van der Waals surface area contributed by atoms with Gasteiger partial charge in [-0.3, -0.25) is 0 Å². The molecular weight excluding hydrogens is 268 g/mol. The second-order valence-corrected chi connectivity index (χ2v) is 5.61. The average Bonchev–Trinajstić information content (AvgIpc) is 2.38. The van der Waals surface area contributed by atoms with Crippen LogP contribution in [0, 0.1) is 0 Å². The van der Waals surface area contributed by atoms with Gasteiger partial charge in [0.1, 0.15) is 11.6 Å². The summed E-state index contributed by atoms with van der Waals surface area (Å²) in [6, 6.07) is 1.88. The topological polar surface area (TPSA) is 31.4 Å². The fourth-order valence-corrected chi connectivity index (χ4v) is 3.07. The minimum atomic E-state index is 0.774. The fraction of sp³-hybridized carbons (Fsp3) is 0.583. The van der Waals surface area contributed by atoms with Gasteiger partial charge in [-0.15, -0.1) is 11.8 Å². The van der Waals surface area contributed by atoms with Crippen molar-refractivity contribution in [1.82, 2.24) is 9.88 Å². The number of piperazine rings is 1. The third-order valence-corrected chi connectivity index (χ3v) is 4.39. The summed E-state index contributed by atoms with van der Waals surface area (Å²) in [5.74, 6) is 1.83. The van der Waals surface area contributed by atoms with Crippen LogP contribution in [0.5, 0.6) is 0 Å². The van der Waals surface area contributed by atoms with Crippen molar-refractivity contribution >= 4 is 35.0 Å². The van der Waals surface area contributed by atoms with Crippen LogP contribution in [0.1, 0.15) is 0 Å². The molecule has 6 heteroatoms. The van der Waals surface area contributed by atoms with Gasteiger partial charge >= 0.3 is 0 Å². The first kappa shape index (κ1) is 13.8. The van der Waals surface area contributed by atoms with E-state index in [1.165, 1.54) is 0 Å². The van der Waals surface area contributed by atoms with Crippen molar-refractivity contribution in [3.05, 3.63) is 11.1 Å². The molecule has 0 spiro atoms. The Morgan fingerprint density at radius 1 is 1.33 bits per heavy atom. The number of rotatable bonds is 3. The molecule has 0 unspecified atom stereocenters. The van der Waals surface area contributed by atoms with E-state index < -0.39 is 0 Å². The van der Waals surface area contributed by atoms with Gasteiger partial charge in [0.05, 0.1) is 9.92 Å². The maximum absolute atomic E-state index is 6.32. The number of hydrogen-bond acceptors (Lipinski definition) is 5. The summed E-state index contributed by atoms with van der Waals surface area (Å²) < 4.78 is 0. The minimum absolute atomic E-state index is 0.774. The highest BCUT2D eigenvalue weighted by Gasteiger charge is 2.20. The van der Waals surface area contributed by atoms with E-state index in [1.54, 1.807) is 11.8 Å². The van der Waals surface area contributed by atoms with Crippen LogP contribution in [0.25, 0.3) is 0 Å². The summed E-state index contributed by atoms with van der Waals surface area (Å²) in [6.07, 6.45) is 2.04. The van der Waals surface area contributed by atoms with Crippen molar-refractivity contribution in [3.8, 4) is 0 Å². The van der Waals surface area contributed by atoms with E-state index in [2.05, 4.69) is 27.1 Å². The summed E-state index contributed by atoms with van der Waals surface area (Å²) in [5.41, 5.74) is 0. The lowest BCUT2D eigenvalue weighted by Crippen LogP contribution is -2.45.